The van der Waals surface area contributed by atoms with Crippen molar-refractivity contribution >= 4 is 47.5 Å². The quantitative estimate of drug-likeness (QED) is 0.311. The number of aromatic nitrogens is 2. The fourth-order valence-corrected chi connectivity index (χ4v) is 4.16. The lowest BCUT2D eigenvalue weighted by atomic mass is 9.96. The van der Waals surface area contributed by atoms with Crippen molar-refractivity contribution in [1.29, 1.82) is 0 Å². The van der Waals surface area contributed by atoms with E-state index in [1.807, 2.05) is 25.2 Å². The van der Waals surface area contributed by atoms with Crippen LogP contribution in [-0.2, 0) is 5.41 Å². The standard InChI is InChI=1S/C22H30ClN7.HI/c1-24-20(28-17-22(6-7-22)18-4-2-5-19(23)16-18)25-10-11-29-12-14-30(15-13-29)21-26-8-3-9-27-21;/h2-5,8-9,16H,6-7,10-15,17H2,1H3,(H2,24,25,28);1H. The maximum Gasteiger partial charge on any atom is 0.225 e. The molecular formula is C22H31ClIN7. The Morgan fingerprint density at radius 2 is 1.84 bits per heavy atom. The summed E-state index contributed by atoms with van der Waals surface area (Å²) in [7, 11) is 1.83. The van der Waals surface area contributed by atoms with Gasteiger partial charge in [0.25, 0.3) is 0 Å². The smallest absolute Gasteiger partial charge is 0.225 e. The van der Waals surface area contributed by atoms with Crippen LogP contribution in [0.5, 0.6) is 0 Å². The van der Waals surface area contributed by atoms with Crippen LogP contribution in [0.2, 0.25) is 5.02 Å². The lowest BCUT2D eigenvalue weighted by Crippen LogP contribution is -2.50. The van der Waals surface area contributed by atoms with E-state index in [2.05, 4.69) is 47.5 Å². The van der Waals surface area contributed by atoms with Gasteiger partial charge in [0.1, 0.15) is 0 Å². The molecule has 168 valence electrons. The van der Waals surface area contributed by atoms with Gasteiger partial charge < -0.3 is 15.5 Å². The molecule has 9 heteroatoms. The van der Waals surface area contributed by atoms with E-state index in [0.29, 0.717) is 0 Å². The monoisotopic (exact) mass is 555 g/mol. The van der Waals surface area contributed by atoms with Crippen molar-refractivity contribution < 1.29 is 0 Å². The second kappa shape index (κ2) is 11.3. The Labute approximate surface area is 206 Å². The van der Waals surface area contributed by atoms with Crippen LogP contribution >= 0.6 is 35.6 Å². The van der Waals surface area contributed by atoms with E-state index in [1.165, 1.54) is 18.4 Å². The van der Waals surface area contributed by atoms with Crippen molar-refractivity contribution in [1.82, 2.24) is 25.5 Å². The Morgan fingerprint density at radius 1 is 1.10 bits per heavy atom. The van der Waals surface area contributed by atoms with Gasteiger partial charge in [-0.25, -0.2) is 9.97 Å². The second-order valence-corrected chi connectivity index (χ2v) is 8.46. The Morgan fingerprint density at radius 3 is 2.48 bits per heavy atom. The van der Waals surface area contributed by atoms with Crippen molar-refractivity contribution in [2.75, 3.05) is 57.8 Å². The van der Waals surface area contributed by atoms with Gasteiger partial charge >= 0.3 is 0 Å². The topological polar surface area (TPSA) is 68.7 Å². The molecule has 0 unspecified atom stereocenters. The number of benzene rings is 1. The van der Waals surface area contributed by atoms with Gasteiger partial charge in [-0.05, 0) is 36.6 Å². The fourth-order valence-electron chi connectivity index (χ4n) is 3.97. The van der Waals surface area contributed by atoms with E-state index in [4.69, 9.17) is 11.6 Å². The molecule has 0 amide bonds. The molecule has 2 aliphatic rings. The number of guanidine groups is 1. The summed E-state index contributed by atoms with van der Waals surface area (Å²) in [5, 5.41) is 7.77. The summed E-state index contributed by atoms with van der Waals surface area (Å²) in [6, 6.07) is 10.1. The molecule has 0 bridgehead atoms. The van der Waals surface area contributed by atoms with Crippen molar-refractivity contribution in [3.05, 3.63) is 53.3 Å². The summed E-state index contributed by atoms with van der Waals surface area (Å²) >= 11 is 6.18. The predicted octanol–water partition coefficient (Wildman–Crippen LogP) is 2.77. The number of anilines is 1. The Kier molecular flexibility index (Phi) is 8.74. The maximum absolute atomic E-state index is 6.18. The highest BCUT2D eigenvalue weighted by Crippen LogP contribution is 2.48. The van der Waals surface area contributed by atoms with E-state index >= 15 is 0 Å². The highest BCUT2D eigenvalue weighted by Gasteiger charge is 2.44. The van der Waals surface area contributed by atoms with Crippen LogP contribution in [0.3, 0.4) is 0 Å². The number of hydrogen-bond acceptors (Lipinski definition) is 5. The van der Waals surface area contributed by atoms with E-state index in [-0.39, 0.29) is 29.4 Å². The molecule has 1 aromatic carbocycles. The predicted molar refractivity (Wildman–Crippen MR) is 138 cm³/mol. The summed E-state index contributed by atoms with van der Waals surface area (Å²) in [6.45, 7) is 6.68. The van der Waals surface area contributed by atoms with E-state index in [1.54, 1.807) is 12.4 Å². The molecule has 2 N–H and O–H groups in total. The van der Waals surface area contributed by atoms with Gasteiger partial charge in [-0.15, -0.1) is 24.0 Å². The minimum atomic E-state index is 0. The second-order valence-electron chi connectivity index (χ2n) is 8.02. The first-order valence-corrected chi connectivity index (χ1v) is 11.0. The molecule has 2 fully saturated rings. The maximum atomic E-state index is 6.18. The summed E-state index contributed by atoms with van der Waals surface area (Å²) in [6.07, 6.45) is 5.98. The first-order valence-electron chi connectivity index (χ1n) is 10.6. The first kappa shape index (κ1) is 24.0. The molecule has 1 saturated carbocycles. The van der Waals surface area contributed by atoms with Crippen LogP contribution in [0.1, 0.15) is 18.4 Å². The number of aliphatic imine (C=N–C) groups is 1. The van der Waals surface area contributed by atoms with Crippen LogP contribution in [0.4, 0.5) is 5.95 Å². The average Bonchev–Trinajstić information content (AvgIpc) is 3.58. The molecule has 31 heavy (non-hydrogen) atoms. The molecular weight excluding hydrogens is 525 g/mol. The van der Waals surface area contributed by atoms with Gasteiger partial charge in [0.15, 0.2) is 5.96 Å². The summed E-state index contributed by atoms with van der Waals surface area (Å²) < 4.78 is 0. The number of piperazine rings is 1. The number of rotatable bonds is 7. The zero-order valence-electron chi connectivity index (χ0n) is 17.9. The molecule has 1 aromatic heterocycles. The summed E-state index contributed by atoms with van der Waals surface area (Å²) in [5.41, 5.74) is 1.51. The van der Waals surface area contributed by atoms with Crippen molar-refractivity contribution in [3.8, 4) is 0 Å². The lowest BCUT2D eigenvalue weighted by molar-refractivity contribution is 0.260. The number of nitrogens with zero attached hydrogens (tertiary/aromatic N) is 5. The van der Waals surface area contributed by atoms with Gasteiger partial charge in [0.05, 0.1) is 0 Å². The average molecular weight is 556 g/mol. The Bertz CT molecular complexity index is 852. The molecule has 1 aliphatic heterocycles. The van der Waals surface area contributed by atoms with Crippen LogP contribution < -0.4 is 15.5 Å². The van der Waals surface area contributed by atoms with Crippen LogP contribution in [0, 0.1) is 0 Å². The van der Waals surface area contributed by atoms with Gasteiger partial charge in [-0.3, -0.25) is 9.89 Å². The summed E-state index contributed by atoms with van der Waals surface area (Å²) in [4.78, 5) is 17.8. The highest BCUT2D eigenvalue weighted by molar-refractivity contribution is 14.0. The fraction of sp³-hybridized carbons (Fsp3) is 0.500. The van der Waals surface area contributed by atoms with Gasteiger partial charge in [-0.2, -0.15) is 0 Å². The van der Waals surface area contributed by atoms with Crippen molar-refractivity contribution in [3.63, 3.8) is 0 Å². The number of nitrogens with one attached hydrogen (secondary N) is 2. The Balaban J connectivity index is 0.00000272. The highest BCUT2D eigenvalue weighted by atomic mass is 127. The zero-order chi connectivity index (χ0) is 20.8. The minimum Gasteiger partial charge on any atom is -0.356 e. The third kappa shape index (κ3) is 6.43. The molecule has 1 saturated heterocycles. The molecule has 2 heterocycles. The van der Waals surface area contributed by atoms with Crippen LogP contribution in [0.25, 0.3) is 0 Å². The normalized spacial score (nSPS) is 18.3. The molecule has 2 aromatic rings. The van der Waals surface area contributed by atoms with Crippen molar-refractivity contribution in [2.24, 2.45) is 4.99 Å². The van der Waals surface area contributed by atoms with Crippen molar-refractivity contribution in [2.45, 2.75) is 18.3 Å². The molecule has 1 aliphatic carbocycles. The van der Waals surface area contributed by atoms with E-state index in [9.17, 15) is 0 Å². The van der Waals surface area contributed by atoms with Crippen LogP contribution in [0.15, 0.2) is 47.7 Å². The van der Waals surface area contributed by atoms with Crippen LogP contribution in [-0.4, -0.2) is 73.7 Å². The van der Waals surface area contributed by atoms with Gasteiger partial charge in [0, 0.05) is 75.7 Å². The molecule has 4 rings (SSSR count). The van der Waals surface area contributed by atoms with E-state index in [0.717, 1.165) is 62.7 Å². The molecule has 0 spiro atoms. The molecule has 7 nitrogen and oxygen atoms in total. The third-order valence-electron chi connectivity index (χ3n) is 6.04. The van der Waals surface area contributed by atoms with Gasteiger partial charge in [-0.1, -0.05) is 23.7 Å². The lowest BCUT2D eigenvalue weighted by Gasteiger charge is -2.34. The number of halogens is 2. The molecule has 0 radical (unpaired) electrons. The van der Waals surface area contributed by atoms with E-state index < -0.39 is 0 Å². The SMILES string of the molecule is CN=C(NCCN1CCN(c2ncccn2)CC1)NCC1(c2cccc(Cl)c2)CC1.I. The number of hydrogen-bond donors (Lipinski definition) is 2. The molecule has 0 atom stereocenters. The largest absolute Gasteiger partial charge is 0.356 e. The first-order chi connectivity index (χ1) is 14.7. The summed E-state index contributed by atoms with van der Waals surface area (Å²) in [5.74, 6) is 1.69. The minimum absolute atomic E-state index is 0. The Hall–Kier alpha value is -1.65. The zero-order valence-corrected chi connectivity index (χ0v) is 21.0. The third-order valence-corrected chi connectivity index (χ3v) is 6.27. The van der Waals surface area contributed by atoms with Gasteiger partial charge in [0.2, 0.25) is 5.95 Å².